The van der Waals surface area contributed by atoms with Crippen LogP contribution in [-0.4, -0.2) is 10.8 Å². The monoisotopic (exact) mass is 269 g/mol. The summed E-state index contributed by atoms with van der Waals surface area (Å²) < 4.78 is 0.996. The van der Waals surface area contributed by atoms with Crippen LogP contribution in [0.5, 0.6) is 0 Å². The molecule has 0 saturated carbocycles. The SMILES string of the molecule is CC(C)C(=O)CCCc1cncc(Br)c1. The van der Waals surface area contributed by atoms with Gasteiger partial charge < -0.3 is 0 Å². The zero-order valence-electron chi connectivity index (χ0n) is 9.16. The second-order valence-electron chi connectivity index (χ2n) is 3.99. The highest BCUT2D eigenvalue weighted by Gasteiger charge is 2.06. The van der Waals surface area contributed by atoms with E-state index in [1.807, 2.05) is 26.1 Å². The molecular weight excluding hydrogens is 254 g/mol. The molecule has 0 N–H and O–H groups in total. The van der Waals surface area contributed by atoms with Crippen molar-refractivity contribution in [1.29, 1.82) is 0 Å². The summed E-state index contributed by atoms with van der Waals surface area (Å²) in [6, 6.07) is 2.05. The predicted molar refractivity (Wildman–Crippen MR) is 64.7 cm³/mol. The number of rotatable bonds is 5. The minimum absolute atomic E-state index is 0.158. The van der Waals surface area contributed by atoms with E-state index in [0.717, 1.165) is 17.3 Å². The number of ketones is 1. The third-order valence-electron chi connectivity index (χ3n) is 2.29. The van der Waals surface area contributed by atoms with Gasteiger partial charge in [0.25, 0.3) is 0 Å². The minimum Gasteiger partial charge on any atom is -0.299 e. The average Bonchev–Trinajstić information content (AvgIpc) is 2.17. The van der Waals surface area contributed by atoms with Gasteiger partial charge in [0, 0.05) is 29.2 Å². The Bertz CT molecular complexity index is 336. The molecule has 0 atom stereocenters. The smallest absolute Gasteiger partial charge is 0.135 e. The molecule has 82 valence electrons. The van der Waals surface area contributed by atoms with Crippen molar-refractivity contribution in [2.45, 2.75) is 33.1 Å². The van der Waals surface area contributed by atoms with Gasteiger partial charge in [0.15, 0.2) is 0 Å². The van der Waals surface area contributed by atoms with Crippen molar-refractivity contribution in [3.05, 3.63) is 28.5 Å². The fourth-order valence-corrected chi connectivity index (χ4v) is 1.76. The largest absolute Gasteiger partial charge is 0.299 e. The number of pyridine rings is 1. The lowest BCUT2D eigenvalue weighted by atomic mass is 10.0. The molecule has 0 aliphatic heterocycles. The van der Waals surface area contributed by atoms with Crippen molar-refractivity contribution in [3.63, 3.8) is 0 Å². The van der Waals surface area contributed by atoms with Crippen LogP contribution in [0.2, 0.25) is 0 Å². The Morgan fingerprint density at radius 3 is 2.80 bits per heavy atom. The Morgan fingerprint density at radius 2 is 2.20 bits per heavy atom. The Kier molecular flexibility index (Phi) is 4.95. The summed E-state index contributed by atoms with van der Waals surface area (Å²) in [4.78, 5) is 15.5. The number of carbonyl (C=O) groups is 1. The van der Waals surface area contributed by atoms with E-state index in [9.17, 15) is 4.79 Å². The quantitative estimate of drug-likeness (QED) is 0.820. The normalized spacial score (nSPS) is 10.7. The van der Waals surface area contributed by atoms with E-state index in [2.05, 4.69) is 20.9 Å². The van der Waals surface area contributed by atoms with Crippen molar-refractivity contribution in [2.24, 2.45) is 5.92 Å². The molecule has 1 aromatic heterocycles. The average molecular weight is 270 g/mol. The number of halogens is 1. The number of aryl methyl sites for hydroxylation is 1. The van der Waals surface area contributed by atoms with Crippen LogP contribution in [0.4, 0.5) is 0 Å². The summed E-state index contributed by atoms with van der Waals surface area (Å²) in [6.07, 6.45) is 6.12. The molecule has 0 aliphatic rings. The molecule has 1 heterocycles. The first-order chi connectivity index (χ1) is 7.09. The first-order valence-corrected chi connectivity index (χ1v) is 6.01. The minimum atomic E-state index is 0.158. The number of hydrogen-bond acceptors (Lipinski definition) is 2. The van der Waals surface area contributed by atoms with Crippen molar-refractivity contribution in [2.75, 3.05) is 0 Å². The fraction of sp³-hybridized carbons (Fsp3) is 0.500. The Labute approximate surface area is 99.2 Å². The third kappa shape index (κ3) is 4.56. The molecular formula is C12H16BrNO. The van der Waals surface area contributed by atoms with Gasteiger partial charge in [-0.15, -0.1) is 0 Å². The molecule has 1 rings (SSSR count). The van der Waals surface area contributed by atoms with Crippen LogP contribution >= 0.6 is 15.9 Å². The molecule has 0 spiro atoms. The van der Waals surface area contributed by atoms with Crippen LogP contribution in [0.25, 0.3) is 0 Å². The maximum Gasteiger partial charge on any atom is 0.135 e. The van der Waals surface area contributed by atoms with Gasteiger partial charge in [0.05, 0.1) is 0 Å². The second-order valence-corrected chi connectivity index (χ2v) is 4.90. The van der Waals surface area contributed by atoms with E-state index < -0.39 is 0 Å². The number of Topliss-reactive ketones (excluding diaryl/α,β-unsaturated/α-hetero) is 1. The van der Waals surface area contributed by atoms with Gasteiger partial charge in [-0.2, -0.15) is 0 Å². The molecule has 0 radical (unpaired) electrons. The summed E-state index contributed by atoms with van der Waals surface area (Å²) in [6.45, 7) is 3.89. The zero-order valence-corrected chi connectivity index (χ0v) is 10.8. The zero-order chi connectivity index (χ0) is 11.3. The number of hydrogen-bond donors (Lipinski definition) is 0. The maximum atomic E-state index is 11.4. The summed E-state index contributed by atoms with van der Waals surface area (Å²) in [5.41, 5.74) is 1.18. The first-order valence-electron chi connectivity index (χ1n) is 5.21. The lowest BCUT2D eigenvalue weighted by Crippen LogP contribution is -2.06. The van der Waals surface area contributed by atoms with Crippen molar-refractivity contribution in [3.8, 4) is 0 Å². The molecule has 0 bridgehead atoms. The van der Waals surface area contributed by atoms with Crippen LogP contribution in [0, 0.1) is 5.92 Å². The molecule has 15 heavy (non-hydrogen) atoms. The molecule has 0 fully saturated rings. The summed E-state index contributed by atoms with van der Waals surface area (Å²) in [5.74, 6) is 0.503. The second kappa shape index (κ2) is 6.01. The van der Waals surface area contributed by atoms with Crippen LogP contribution in [0.1, 0.15) is 32.3 Å². The van der Waals surface area contributed by atoms with Gasteiger partial charge in [-0.3, -0.25) is 9.78 Å². The van der Waals surface area contributed by atoms with E-state index >= 15 is 0 Å². The maximum absolute atomic E-state index is 11.4. The molecule has 0 aromatic carbocycles. The predicted octanol–water partition coefficient (Wildman–Crippen LogP) is 3.39. The van der Waals surface area contributed by atoms with Crippen LogP contribution in [0.15, 0.2) is 22.9 Å². The summed E-state index contributed by atoms with van der Waals surface area (Å²) in [5, 5.41) is 0. The van der Waals surface area contributed by atoms with Crippen molar-refractivity contribution >= 4 is 21.7 Å². The highest BCUT2D eigenvalue weighted by Crippen LogP contribution is 2.12. The highest BCUT2D eigenvalue weighted by molar-refractivity contribution is 9.10. The van der Waals surface area contributed by atoms with Gasteiger partial charge in [0.1, 0.15) is 5.78 Å². The van der Waals surface area contributed by atoms with Crippen molar-refractivity contribution in [1.82, 2.24) is 4.98 Å². The summed E-state index contributed by atoms with van der Waals surface area (Å²) in [7, 11) is 0. The molecule has 0 amide bonds. The molecule has 0 saturated heterocycles. The van der Waals surface area contributed by atoms with Crippen molar-refractivity contribution < 1.29 is 4.79 Å². The molecule has 0 aliphatic carbocycles. The Hall–Kier alpha value is -0.700. The third-order valence-corrected chi connectivity index (χ3v) is 2.73. The van der Waals surface area contributed by atoms with Crippen LogP contribution in [0.3, 0.4) is 0 Å². The lowest BCUT2D eigenvalue weighted by Gasteiger charge is -2.04. The van der Waals surface area contributed by atoms with E-state index in [-0.39, 0.29) is 5.92 Å². The van der Waals surface area contributed by atoms with Gasteiger partial charge in [0.2, 0.25) is 0 Å². The van der Waals surface area contributed by atoms with E-state index in [4.69, 9.17) is 0 Å². The van der Waals surface area contributed by atoms with E-state index in [1.165, 1.54) is 5.56 Å². The number of aromatic nitrogens is 1. The molecule has 2 nitrogen and oxygen atoms in total. The molecule has 0 unspecified atom stereocenters. The van der Waals surface area contributed by atoms with Crippen LogP contribution < -0.4 is 0 Å². The number of nitrogens with zero attached hydrogens (tertiary/aromatic N) is 1. The molecule has 1 aromatic rings. The number of carbonyl (C=O) groups excluding carboxylic acids is 1. The first kappa shape index (κ1) is 12.4. The standard InChI is InChI=1S/C12H16BrNO/c1-9(2)12(15)5-3-4-10-6-11(13)8-14-7-10/h6-9H,3-5H2,1-2H3. The summed E-state index contributed by atoms with van der Waals surface area (Å²) >= 11 is 3.38. The van der Waals surface area contributed by atoms with Crippen LogP contribution in [-0.2, 0) is 11.2 Å². The topological polar surface area (TPSA) is 30.0 Å². The molecule has 3 heteroatoms. The highest BCUT2D eigenvalue weighted by atomic mass is 79.9. The van der Waals surface area contributed by atoms with Gasteiger partial charge in [-0.05, 0) is 40.4 Å². The van der Waals surface area contributed by atoms with E-state index in [1.54, 1.807) is 6.20 Å². The Morgan fingerprint density at radius 1 is 1.47 bits per heavy atom. The Balaban J connectivity index is 2.35. The van der Waals surface area contributed by atoms with Gasteiger partial charge >= 0.3 is 0 Å². The fourth-order valence-electron chi connectivity index (χ4n) is 1.35. The van der Waals surface area contributed by atoms with Gasteiger partial charge in [-0.1, -0.05) is 13.8 Å². The van der Waals surface area contributed by atoms with E-state index in [0.29, 0.717) is 12.2 Å². The van der Waals surface area contributed by atoms with Gasteiger partial charge in [-0.25, -0.2) is 0 Å². The lowest BCUT2D eigenvalue weighted by molar-refractivity contribution is -0.121.